The van der Waals surface area contributed by atoms with Gasteiger partial charge in [0, 0.05) is 19.0 Å². The number of fused-ring (bicyclic) bond motifs is 1. The lowest BCUT2D eigenvalue weighted by Crippen LogP contribution is -2.31. The number of para-hydroxylation sites is 1. The van der Waals surface area contributed by atoms with Gasteiger partial charge < -0.3 is 15.7 Å². The summed E-state index contributed by atoms with van der Waals surface area (Å²) in [7, 11) is 0. The van der Waals surface area contributed by atoms with E-state index >= 15 is 0 Å². The van der Waals surface area contributed by atoms with Gasteiger partial charge in [0.1, 0.15) is 11.3 Å². The van der Waals surface area contributed by atoms with E-state index in [2.05, 4.69) is 0 Å². The predicted octanol–water partition coefficient (Wildman–Crippen LogP) is 1.02. The standard InChI is InChI=1S/C14H17N3O4/c15-11-3-1-2-9(13(11)17(20)21)14(19)16-6-8-4-5-12(18)10(8)7-16/h1-3,8,10,12,18H,4-7,15H2. The van der Waals surface area contributed by atoms with Crippen molar-refractivity contribution < 1.29 is 14.8 Å². The highest BCUT2D eigenvalue weighted by atomic mass is 16.6. The van der Waals surface area contributed by atoms with Gasteiger partial charge in [-0.3, -0.25) is 14.9 Å². The van der Waals surface area contributed by atoms with Crippen LogP contribution in [0.15, 0.2) is 18.2 Å². The number of hydrogen-bond acceptors (Lipinski definition) is 5. The van der Waals surface area contributed by atoms with Gasteiger partial charge in [-0.1, -0.05) is 6.07 Å². The molecule has 0 spiro atoms. The molecule has 21 heavy (non-hydrogen) atoms. The molecule has 3 N–H and O–H groups in total. The highest BCUT2D eigenvalue weighted by Crippen LogP contribution is 2.39. The number of nitrogens with two attached hydrogens (primary N) is 1. The van der Waals surface area contributed by atoms with E-state index in [-0.39, 0.29) is 34.9 Å². The van der Waals surface area contributed by atoms with Crippen LogP contribution in [0.5, 0.6) is 0 Å². The SMILES string of the molecule is Nc1cccc(C(=O)N2CC3CCC(O)C3C2)c1[N+](=O)[O-]. The summed E-state index contributed by atoms with van der Waals surface area (Å²) in [6.45, 7) is 1.00. The van der Waals surface area contributed by atoms with Gasteiger partial charge >= 0.3 is 5.69 Å². The summed E-state index contributed by atoms with van der Waals surface area (Å²) < 4.78 is 0. The average molecular weight is 291 g/mol. The van der Waals surface area contributed by atoms with Crippen LogP contribution in [-0.4, -0.2) is 40.0 Å². The number of nitro benzene ring substituents is 1. The van der Waals surface area contributed by atoms with Crippen molar-refractivity contribution in [2.75, 3.05) is 18.8 Å². The smallest absolute Gasteiger partial charge is 0.304 e. The molecule has 3 unspecified atom stereocenters. The second-order valence-corrected chi connectivity index (χ2v) is 5.78. The molecule has 1 heterocycles. The third-order valence-corrected chi connectivity index (χ3v) is 4.59. The van der Waals surface area contributed by atoms with E-state index in [1.54, 1.807) is 11.0 Å². The molecule has 1 saturated carbocycles. The van der Waals surface area contributed by atoms with Crippen molar-refractivity contribution in [2.24, 2.45) is 11.8 Å². The van der Waals surface area contributed by atoms with Crippen molar-refractivity contribution in [3.05, 3.63) is 33.9 Å². The van der Waals surface area contributed by atoms with Crippen LogP contribution in [0.1, 0.15) is 23.2 Å². The maximum Gasteiger partial charge on any atom is 0.304 e. The lowest BCUT2D eigenvalue weighted by Gasteiger charge is -2.18. The molecule has 2 aliphatic rings. The summed E-state index contributed by atoms with van der Waals surface area (Å²) in [6.07, 6.45) is 1.30. The first-order valence-corrected chi connectivity index (χ1v) is 6.99. The highest BCUT2D eigenvalue weighted by molar-refractivity contribution is 6.00. The Bertz CT molecular complexity index is 604. The molecule has 1 aliphatic heterocycles. The van der Waals surface area contributed by atoms with Crippen molar-refractivity contribution in [1.82, 2.24) is 4.90 Å². The zero-order valence-electron chi connectivity index (χ0n) is 11.4. The zero-order valence-corrected chi connectivity index (χ0v) is 11.4. The Labute approximate surface area is 121 Å². The fraction of sp³-hybridized carbons (Fsp3) is 0.500. The zero-order chi connectivity index (χ0) is 15.1. The summed E-state index contributed by atoms with van der Waals surface area (Å²) in [5, 5.41) is 21.0. The van der Waals surface area contributed by atoms with Crippen LogP contribution in [0.4, 0.5) is 11.4 Å². The molecular formula is C14H17N3O4. The Balaban J connectivity index is 1.87. The molecule has 7 heteroatoms. The van der Waals surface area contributed by atoms with Gasteiger partial charge in [0.15, 0.2) is 0 Å². The van der Waals surface area contributed by atoms with Crippen molar-refractivity contribution in [1.29, 1.82) is 0 Å². The number of nitrogen functional groups attached to an aromatic ring is 1. The summed E-state index contributed by atoms with van der Waals surface area (Å²) in [6, 6.07) is 4.39. The third-order valence-electron chi connectivity index (χ3n) is 4.59. The first kappa shape index (κ1) is 13.8. The number of anilines is 1. The Morgan fingerprint density at radius 3 is 2.81 bits per heavy atom. The number of carbonyl (C=O) groups excluding carboxylic acids is 1. The van der Waals surface area contributed by atoms with Gasteiger partial charge in [0.05, 0.1) is 11.0 Å². The van der Waals surface area contributed by atoms with E-state index in [1.165, 1.54) is 12.1 Å². The molecule has 3 rings (SSSR count). The molecule has 1 aromatic rings. The minimum absolute atomic E-state index is 0.00900. The van der Waals surface area contributed by atoms with Crippen LogP contribution in [0, 0.1) is 22.0 Å². The van der Waals surface area contributed by atoms with Crippen LogP contribution < -0.4 is 5.73 Å². The molecule has 2 fully saturated rings. The van der Waals surface area contributed by atoms with Crippen molar-refractivity contribution in [2.45, 2.75) is 18.9 Å². The molecule has 1 aliphatic carbocycles. The van der Waals surface area contributed by atoms with Gasteiger partial charge in [0.2, 0.25) is 0 Å². The van der Waals surface area contributed by atoms with Gasteiger partial charge in [0.25, 0.3) is 5.91 Å². The van der Waals surface area contributed by atoms with Gasteiger partial charge in [-0.25, -0.2) is 0 Å². The van der Waals surface area contributed by atoms with Crippen molar-refractivity contribution in [3.63, 3.8) is 0 Å². The fourth-order valence-electron chi connectivity index (χ4n) is 3.51. The van der Waals surface area contributed by atoms with E-state index in [9.17, 15) is 20.0 Å². The molecule has 0 bridgehead atoms. The first-order valence-electron chi connectivity index (χ1n) is 6.99. The first-order chi connectivity index (χ1) is 9.99. The number of rotatable bonds is 2. The van der Waals surface area contributed by atoms with Crippen LogP contribution in [0.25, 0.3) is 0 Å². The maximum atomic E-state index is 12.5. The number of benzene rings is 1. The third kappa shape index (κ3) is 2.23. The number of aliphatic hydroxyl groups excluding tert-OH is 1. The maximum absolute atomic E-state index is 12.5. The Kier molecular flexibility index (Phi) is 3.29. The molecule has 1 amide bonds. The monoisotopic (exact) mass is 291 g/mol. The Morgan fingerprint density at radius 2 is 2.14 bits per heavy atom. The van der Waals surface area contributed by atoms with Crippen LogP contribution in [0.3, 0.4) is 0 Å². The van der Waals surface area contributed by atoms with E-state index in [0.717, 1.165) is 12.8 Å². The number of amides is 1. The molecule has 0 radical (unpaired) electrons. The number of aliphatic hydroxyl groups is 1. The Hall–Kier alpha value is -2.15. The summed E-state index contributed by atoms with van der Waals surface area (Å²) >= 11 is 0. The fourth-order valence-corrected chi connectivity index (χ4v) is 3.51. The summed E-state index contributed by atoms with van der Waals surface area (Å²) in [4.78, 5) is 24.7. The van der Waals surface area contributed by atoms with Gasteiger partial charge in [-0.15, -0.1) is 0 Å². The second-order valence-electron chi connectivity index (χ2n) is 5.78. The van der Waals surface area contributed by atoms with Crippen molar-refractivity contribution >= 4 is 17.3 Å². The lowest BCUT2D eigenvalue weighted by molar-refractivity contribution is -0.384. The largest absolute Gasteiger partial charge is 0.393 e. The average Bonchev–Trinajstić information content (AvgIpc) is 3.00. The number of nitrogens with zero attached hydrogens (tertiary/aromatic N) is 2. The van der Waals surface area contributed by atoms with E-state index in [0.29, 0.717) is 19.0 Å². The van der Waals surface area contributed by atoms with E-state index in [1.807, 2.05) is 0 Å². The molecule has 3 atom stereocenters. The number of nitro groups is 1. The van der Waals surface area contributed by atoms with E-state index in [4.69, 9.17) is 5.73 Å². The normalized spacial score (nSPS) is 27.7. The van der Waals surface area contributed by atoms with Gasteiger partial charge in [-0.05, 0) is 30.9 Å². The molecule has 1 aromatic carbocycles. The molecule has 7 nitrogen and oxygen atoms in total. The number of likely N-dealkylation sites (tertiary alicyclic amines) is 1. The predicted molar refractivity (Wildman–Crippen MR) is 75.6 cm³/mol. The molecule has 0 aromatic heterocycles. The van der Waals surface area contributed by atoms with Crippen LogP contribution in [0.2, 0.25) is 0 Å². The van der Waals surface area contributed by atoms with Crippen molar-refractivity contribution in [3.8, 4) is 0 Å². The van der Waals surface area contributed by atoms with Crippen LogP contribution in [-0.2, 0) is 0 Å². The van der Waals surface area contributed by atoms with Gasteiger partial charge in [-0.2, -0.15) is 0 Å². The molecular weight excluding hydrogens is 274 g/mol. The quantitative estimate of drug-likeness (QED) is 0.480. The lowest BCUT2D eigenvalue weighted by atomic mass is 10.00. The highest BCUT2D eigenvalue weighted by Gasteiger charge is 2.44. The topological polar surface area (TPSA) is 110 Å². The van der Waals surface area contributed by atoms with E-state index < -0.39 is 4.92 Å². The van der Waals surface area contributed by atoms with Crippen LogP contribution >= 0.6 is 0 Å². The second kappa shape index (κ2) is 5.00. The minimum Gasteiger partial charge on any atom is -0.393 e. The summed E-state index contributed by atoms with van der Waals surface area (Å²) in [5.41, 5.74) is 5.30. The number of hydrogen-bond donors (Lipinski definition) is 2. The molecule has 112 valence electrons. The minimum atomic E-state index is -0.617. The number of carbonyl (C=O) groups is 1. The summed E-state index contributed by atoms with van der Waals surface area (Å²) in [5.74, 6) is 0.00808. The molecule has 1 saturated heterocycles. The Morgan fingerprint density at radius 1 is 1.38 bits per heavy atom.